The summed E-state index contributed by atoms with van der Waals surface area (Å²) in [6.07, 6.45) is 2.82. The number of amides is 1. The number of aryl methyl sites for hydroxylation is 1. The van der Waals surface area contributed by atoms with Gasteiger partial charge < -0.3 is 5.32 Å². The fourth-order valence-electron chi connectivity index (χ4n) is 1.74. The summed E-state index contributed by atoms with van der Waals surface area (Å²) >= 11 is 1.63. The van der Waals surface area contributed by atoms with Crippen LogP contribution >= 0.6 is 11.3 Å². The maximum absolute atomic E-state index is 13.0. The second-order valence-electron chi connectivity index (χ2n) is 4.25. The third-order valence-corrected chi connectivity index (χ3v) is 3.59. The number of hydrogen-bond acceptors (Lipinski definition) is 3. The minimum atomic E-state index is -0.314. The maximum atomic E-state index is 13.0. The summed E-state index contributed by atoms with van der Waals surface area (Å²) in [7, 11) is 0. The van der Waals surface area contributed by atoms with Crippen molar-refractivity contribution in [1.82, 2.24) is 10.3 Å². The van der Waals surface area contributed by atoms with Crippen LogP contribution in [0.4, 0.5) is 4.39 Å². The number of carbonyl (C=O) groups excluding carboxylic acids is 1. The van der Waals surface area contributed by atoms with Gasteiger partial charge in [0.05, 0.1) is 11.4 Å². The smallest absolute Gasteiger partial charge is 0.224 e. The summed E-state index contributed by atoms with van der Waals surface area (Å²) in [5, 5.41) is 3.85. The molecule has 1 N–H and O–H groups in total. The molecule has 1 heterocycles. The minimum Gasteiger partial charge on any atom is -0.355 e. The van der Waals surface area contributed by atoms with Crippen molar-refractivity contribution in [2.24, 2.45) is 0 Å². The first-order chi connectivity index (χ1) is 9.13. The average molecular weight is 278 g/mol. The van der Waals surface area contributed by atoms with E-state index in [-0.39, 0.29) is 18.1 Å². The summed E-state index contributed by atoms with van der Waals surface area (Å²) in [5.74, 6) is -0.405. The zero-order valence-electron chi connectivity index (χ0n) is 10.6. The van der Waals surface area contributed by atoms with E-state index in [0.29, 0.717) is 12.1 Å². The highest BCUT2D eigenvalue weighted by molar-refractivity contribution is 7.11. The predicted molar refractivity (Wildman–Crippen MR) is 73.7 cm³/mol. The van der Waals surface area contributed by atoms with E-state index in [9.17, 15) is 9.18 Å². The van der Waals surface area contributed by atoms with Gasteiger partial charge in [0, 0.05) is 24.0 Å². The molecule has 0 saturated heterocycles. The van der Waals surface area contributed by atoms with Crippen LogP contribution in [0.25, 0.3) is 0 Å². The molecule has 5 heteroatoms. The van der Waals surface area contributed by atoms with Crippen LogP contribution in [0.2, 0.25) is 0 Å². The van der Waals surface area contributed by atoms with Crippen LogP contribution in [-0.4, -0.2) is 17.4 Å². The number of rotatable bonds is 5. The first-order valence-corrected chi connectivity index (χ1v) is 6.87. The number of aromatic nitrogens is 1. The molecule has 2 aromatic rings. The zero-order chi connectivity index (χ0) is 13.7. The number of thiazole rings is 1. The lowest BCUT2D eigenvalue weighted by atomic mass is 10.1. The standard InChI is InChI=1S/C14H15FN2OS/c1-10-17-9-13(19-10)5-6-16-14(18)8-11-3-2-4-12(15)7-11/h2-4,7,9H,5-6,8H2,1H3,(H,16,18). The van der Waals surface area contributed by atoms with Crippen LogP contribution in [0.15, 0.2) is 30.5 Å². The summed E-state index contributed by atoms with van der Waals surface area (Å²) in [6, 6.07) is 6.10. The highest BCUT2D eigenvalue weighted by Crippen LogP contribution is 2.11. The molecule has 1 aromatic carbocycles. The SMILES string of the molecule is Cc1ncc(CCNC(=O)Cc2cccc(F)c2)s1. The summed E-state index contributed by atoms with van der Waals surface area (Å²) in [5.41, 5.74) is 0.686. The van der Waals surface area contributed by atoms with Crippen LogP contribution in [0.1, 0.15) is 15.4 Å². The molecular weight excluding hydrogens is 263 g/mol. The molecule has 0 atom stereocenters. The Morgan fingerprint density at radius 3 is 3.00 bits per heavy atom. The third-order valence-electron chi connectivity index (χ3n) is 2.62. The second-order valence-corrected chi connectivity index (χ2v) is 5.57. The molecule has 0 aliphatic carbocycles. The highest BCUT2D eigenvalue weighted by Gasteiger charge is 2.04. The van der Waals surface area contributed by atoms with Gasteiger partial charge in [-0.25, -0.2) is 9.37 Å². The molecule has 2 rings (SSSR count). The van der Waals surface area contributed by atoms with E-state index in [1.807, 2.05) is 13.1 Å². The van der Waals surface area contributed by atoms with Crippen LogP contribution < -0.4 is 5.32 Å². The lowest BCUT2D eigenvalue weighted by molar-refractivity contribution is -0.120. The zero-order valence-corrected chi connectivity index (χ0v) is 11.5. The van der Waals surface area contributed by atoms with Crippen molar-refractivity contribution in [3.8, 4) is 0 Å². The number of nitrogens with one attached hydrogen (secondary N) is 1. The average Bonchev–Trinajstić information content (AvgIpc) is 2.75. The number of carbonyl (C=O) groups is 1. The monoisotopic (exact) mass is 278 g/mol. The fourth-order valence-corrected chi connectivity index (χ4v) is 2.54. The normalized spacial score (nSPS) is 10.4. The van der Waals surface area contributed by atoms with Gasteiger partial charge in [-0.1, -0.05) is 12.1 Å². The molecule has 0 saturated carbocycles. The number of halogens is 1. The summed E-state index contributed by atoms with van der Waals surface area (Å²) < 4.78 is 13.0. The topological polar surface area (TPSA) is 42.0 Å². The molecular formula is C14H15FN2OS. The van der Waals surface area contributed by atoms with E-state index in [2.05, 4.69) is 10.3 Å². The fraction of sp³-hybridized carbons (Fsp3) is 0.286. The van der Waals surface area contributed by atoms with Gasteiger partial charge in [-0.3, -0.25) is 4.79 Å². The van der Waals surface area contributed by atoms with Gasteiger partial charge >= 0.3 is 0 Å². The van der Waals surface area contributed by atoms with Crippen LogP contribution in [-0.2, 0) is 17.6 Å². The van der Waals surface area contributed by atoms with E-state index in [1.54, 1.807) is 23.5 Å². The quantitative estimate of drug-likeness (QED) is 0.913. The molecule has 0 aliphatic rings. The Labute approximate surface area is 115 Å². The predicted octanol–water partition coefficient (Wildman–Crippen LogP) is 2.49. The van der Waals surface area contributed by atoms with Crippen molar-refractivity contribution >= 4 is 17.2 Å². The molecule has 0 aliphatic heterocycles. The molecule has 1 amide bonds. The van der Waals surface area contributed by atoms with Crippen molar-refractivity contribution in [3.05, 3.63) is 51.7 Å². The first kappa shape index (κ1) is 13.7. The summed E-state index contributed by atoms with van der Waals surface area (Å²) in [4.78, 5) is 17.0. The van der Waals surface area contributed by atoms with Gasteiger partial charge in [0.1, 0.15) is 5.82 Å². The van der Waals surface area contributed by atoms with Crippen molar-refractivity contribution < 1.29 is 9.18 Å². The van der Waals surface area contributed by atoms with Gasteiger partial charge in [0.15, 0.2) is 0 Å². The highest BCUT2D eigenvalue weighted by atomic mass is 32.1. The van der Waals surface area contributed by atoms with Gasteiger partial charge in [-0.05, 0) is 24.6 Å². The van der Waals surface area contributed by atoms with Crippen LogP contribution in [0, 0.1) is 12.7 Å². The molecule has 0 radical (unpaired) electrons. The Morgan fingerprint density at radius 1 is 1.47 bits per heavy atom. The molecule has 3 nitrogen and oxygen atoms in total. The number of nitrogens with zero attached hydrogens (tertiary/aromatic N) is 1. The maximum Gasteiger partial charge on any atom is 0.224 e. The Hall–Kier alpha value is -1.75. The number of benzene rings is 1. The van der Waals surface area contributed by atoms with Gasteiger partial charge in [-0.2, -0.15) is 0 Å². The lowest BCUT2D eigenvalue weighted by Crippen LogP contribution is -2.27. The minimum absolute atomic E-state index is 0.0909. The van der Waals surface area contributed by atoms with Gasteiger partial charge in [0.2, 0.25) is 5.91 Å². The molecule has 0 spiro atoms. The molecule has 19 heavy (non-hydrogen) atoms. The van der Waals surface area contributed by atoms with Crippen LogP contribution in [0.5, 0.6) is 0 Å². The molecule has 0 unspecified atom stereocenters. The first-order valence-electron chi connectivity index (χ1n) is 6.06. The van der Waals surface area contributed by atoms with Crippen LogP contribution in [0.3, 0.4) is 0 Å². The lowest BCUT2D eigenvalue weighted by Gasteiger charge is -2.04. The third kappa shape index (κ3) is 4.44. The van der Waals surface area contributed by atoms with Crippen molar-refractivity contribution in [1.29, 1.82) is 0 Å². The van der Waals surface area contributed by atoms with Crippen molar-refractivity contribution in [2.75, 3.05) is 6.54 Å². The van der Waals surface area contributed by atoms with Crippen molar-refractivity contribution in [2.45, 2.75) is 19.8 Å². The van der Waals surface area contributed by atoms with E-state index in [0.717, 1.165) is 16.3 Å². The number of hydrogen-bond donors (Lipinski definition) is 1. The Morgan fingerprint density at radius 2 is 2.32 bits per heavy atom. The summed E-state index contributed by atoms with van der Waals surface area (Å²) in [6.45, 7) is 2.53. The van der Waals surface area contributed by atoms with E-state index >= 15 is 0 Å². The molecule has 0 fully saturated rings. The molecule has 0 bridgehead atoms. The molecule has 1 aromatic heterocycles. The van der Waals surface area contributed by atoms with Crippen molar-refractivity contribution in [3.63, 3.8) is 0 Å². The Kier molecular flexibility index (Phi) is 4.63. The van der Waals surface area contributed by atoms with Gasteiger partial charge in [-0.15, -0.1) is 11.3 Å². The Bertz CT molecular complexity index is 568. The van der Waals surface area contributed by atoms with Gasteiger partial charge in [0.25, 0.3) is 0 Å². The second kappa shape index (κ2) is 6.43. The van der Waals surface area contributed by atoms with E-state index in [4.69, 9.17) is 0 Å². The Balaban J connectivity index is 1.76. The van der Waals surface area contributed by atoms with E-state index in [1.165, 1.54) is 12.1 Å². The van der Waals surface area contributed by atoms with E-state index < -0.39 is 0 Å². The largest absolute Gasteiger partial charge is 0.355 e. The molecule has 100 valence electrons.